The van der Waals surface area contributed by atoms with E-state index in [0.29, 0.717) is 6.54 Å². The van der Waals surface area contributed by atoms with Gasteiger partial charge in [0.25, 0.3) is 17.5 Å². The van der Waals surface area contributed by atoms with Gasteiger partial charge in [-0.15, -0.1) is 11.3 Å². The van der Waals surface area contributed by atoms with Gasteiger partial charge in [0.05, 0.1) is 17.9 Å². The van der Waals surface area contributed by atoms with Crippen LogP contribution in [0.3, 0.4) is 0 Å². The summed E-state index contributed by atoms with van der Waals surface area (Å²) in [5.41, 5.74) is 0.117. The molecule has 28 heavy (non-hydrogen) atoms. The highest BCUT2D eigenvalue weighted by Gasteiger charge is 2.18. The van der Waals surface area contributed by atoms with E-state index in [2.05, 4.69) is 10.6 Å². The van der Waals surface area contributed by atoms with Crippen LogP contribution in [0.5, 0.6) is 0 Å². The summed E-state index contributed by atoms with van der Waals surface area (Å²) in [7, 11) is 0. The SMILES string of the molecule is C[C@H](OC(=O)CCNC(=O)c1ccc([N+](=O)[O-])cc1)C(=O)NCc1cccs1. The number of esters is 1. The number of amides is 2. The van der Waals surface area contributed by atoms with Gasteiger partial charge in [-0.2, -0.15) is 0 Å². The van der Waals surface area contributed by atoms with Crippen molar-refractivity contribution in [3.63, 3.8) is 0 Å². The van der Waals surface area contributed by atoms with Gasteiger partial charge in [-0.3, -0.25) is 24.5 Å². The third-order valence-electron chi connectivity index (χ3n) is 3.65. The second-order valence-electron chi connectivity index (χ2n) is 5.74. The van der Waals surface area contributed by atoms with Crippen molar-refractivity contribution >= 4 is 34.8 Å². The molecule has 0 radical (unpaired) electrons. The summed E-state index contributed by atoms with van der Waals surface area (Å²) in [6.45, 7) is 1.85. The van der Waals surface area contributed by atoms with Crippen LogP contribution in [0.4, 0.5) is 5.69 Å². The normalized spacial score (nSPS) is 11.3. The molecule has 0 aliphatic heterocycles. The second kappa shape index (κ2) is 10.2. The van der Waals surface area contributed by atoms with Gasteiger partial charge < -0.3 is 15.4 Å². The van der Waals surface area contributed by atoms with Gasteiger partial charge >= 0.3 is 5.97 Å². The van der Waals surface area contributed by atoms with E-state index in [1.54, 1.807) is 0 Å². The minimum absolute atomic E-state index is 0.0121. The van der Waals surface area contributed by atoms with Gasteiger partial charge in [0, 0.05) is 29.1 Å². The van der Waals surface area contributed by atoms with Crippen molar-refractivity contribution in [3.05, 3.63) is 62.3 Å². The first-order valence-corrected chi connectivity index (χ1v) is 9.27. The van der Waals surface area contributed by atoms with Crippen molar-refractivity contribution in [2.75, 3.05) is 6.54 Å². The Morgan fingerprint density at radius 3 is 2.50 bits per heavy atom. The number of thiophene rings is 1. The van der Waals surface area contributed by atoms with Crippen molar-refractivity contribution in [2.45, 2.75) is 26.0 Å². The largest absolute Gasteiger partial charge is 0.452 e. The Morgan fingerprint density at radius 1 is 1.18 bits per heavy atom. The lowest BCUT2D eigenvalue weighted by molar-refractivity contribution is -0.384. The highest BCUT2D eigenvalue weighted by Crippen LogP contribution is 2.11. The summed E-state index contributed by atoms with van der Waals surface area (Å²) in [6, 6.07) is 8.85. The first kappa shape index (κ1) is 21.0. The smallest absolute Gasteiger partial charge is 0.308 e. The maximum absolute atomic E-state index is 11.9. The zero-order valence-corrected chi connectivity index (χ0v) is 15.9. The lowest BCUT2D eigenvalue weighted by Gasteiger charge is -2.13. The standard InChI is InChI=1S/C18H19N3O6S/c1-12(17(23)20-11-15-3-2-10-28-15)27-16(22)8-9-19-18(24)13-4-6-14(7-5-13)21(25)26/h2-7,10,12H,8-9,11H2,1H3,(H,19,24)(H,20,23)/t12-/m0/s1. The molecule has 9 nitrogen and oxygen atoms in total. The third kappa shape index (κ3) is 6.47. The van der Waals surface area contributed by atoms with Gasteiger partial charge in [0.2, 0.25) is 0 Å². The molecule has 2 amide bonds. The number of nitro benzene ring substituents is 1. The summed E-state index contributed by atoms with van der Waals surface area (Å²) in [5.74, 6) is -1.50. The molecule has 0 bridgehead atoms. The number of rotatable bonds is 9. The van der Waals surface area contributed by atoms with Crippen LogP contribution in [-0.2, 0) is 20.9 Å². The van der Waals surface area contributed by atoms with Crippen LogP contribution in [0.1, 0.15) is 28.6 Å². The van der Waals surface area contributed by atoms with E-state index in [1.165, 1.54) is 42.5 Å². The minimum atomic E-state index is -0.946. The van der Waals surface area contributed by atoms with E-state index in [4.69, 9.17) is 4.74 Å². The molecule has 0 unspecified atom stereocenters. The fourth-order valence-electron chi connectivity index (χ4n) is 2.16. The molecule has 0 saturated carbocycles. The highest BCUT2D eigenvalue weighted by molar-refractivity contribution is 7.09. The van der Waals surface area contributed by atoms with Gasteiger partial charge in [-0.25, -0.2) is 0 Å². The Balaban J connectivity index is 1.69. The van der Waals surface area contributed by atoms with Crippen LogP contribution >= 0.6 is 11.3 Å². The molecule has 2 N–H and O–H groups in total. The molecular formula is C18H19N3O6S. The number of hydrogen-bond acceptors (Lipinski definition) is 7. The molecule has 0 saturated heterocycles. The Morgan fingerprint density at radius 2 is 1.89 bits per heavy atom. The number of nitrogens with one attached hydrogen (secondary N) is 2. The fraction of sp³-hybridized carbons (Fsp3) is 0.278. The van der Waals surface area contributed by atoms with Crippen LogP contribution in [0, 0.1) is 10.1 Å². The average molecular weight is 405 g/mol. The maximum atomic E-state index is 11.9. The quantitative estimate of drug-likeness (QED) is 0.373. The van der Waals surface area contributed by atoms with E-state index >= 15 is 0 Å². The number of hydrogen-bond donors (Lipinski definition) is 2. The summed E-state index contributed by atoms with van der Waals surface area (Å²) in [5, 5.41) is 17.7. The monoisotopic (exact) mass is 405 g/mol. The molecule has 148 valence electrons. The van der Waals surface area contributed by atoms with Crippen molar-refractivity contribution in [1.29, 1.82) is 0 Å². The van der Waals surface area contributed by atoms with Crippen molar-refractivity contribution in [3.8, 4) is 0 Å². The highest BCUT2D eigenvalue weighted by atomic mass is 32.1. The third-order valence-corrected chi connectivity index (χ3v) is 4.53. The Kier molecular flexibility index (Phi) is 7.64. The molecule has 0 aliphatic carbocycles. The van der Waals surface area contributed by atoms with Crippen LogP contribution in [0.15, 0.2) is 41.8 Å². The maximum Gasteiger partial charge on any atom is 0.308 e. The van der Waals surface area contributed by atoms with Crippen LogP contribution in [0.25, 0.3) is 0 Å². The summed E-state index contributed by atoms with van der Waals surface area (Å²) >= 11 is 1.51. The molecular weight excluding hydrogens is 386 g/mol. The number of benzene rings is 1. The van der Waals surface area contributed by atoms with Crippen LogP contribution < -0.4 is 10.6 Å². The van der Waals surface area contributed by atoms with Gasteiger partial charge in [0.15, 0.2) is 6.10 Å². The summed E-state index contributed by atoms with van der Waals surface area (Å²) < 4.78 is 5.04. The fourth-order valence-corrected chi connectivity index (χ4v) is 2.80. The van der Waals surface area contributed by atoms with Crippen molar-refractivity contribution < 1.29 is 24.0 Å². The van der Waals surface area contributed by atoms with E-state index in [0.717, 1.165) is 4.88 Å². The van der Waals surface area contributed by atoms with E-state index in [9.17, 15) is 24.5 Å². The number of nitrogens with zero attached hydrogens (tertiary/aromatic N) is 1. The summed E-state index contributed by atoms with van der Waals surface area (Å²) in [6.07, 6.45) is -1.06. The number of ether oxygens (including phenoxy) is 1. The summed E-state index contributed by atoms with van der Waals surface area (Å²) in [4.78, 5) is 46.7. The van der Waals surface area contributed by atoms with Crippen LogP contribution in [-0.4, -0.2) is 35.4 Å². The molecule has 10 heteroatoms. The Hall–Kier alpha value is -3.27. The number of non-ortho nitro benzene ring substituents is 1. The predicted octanol–water partition coefficient (Wildman–Crippen LogP) is 2.02. The topological polar surface area (TPSA) is 128 Å². The lowest BCUT2D eigenvalue weighted by atomic mass is 10.2. The molecule has 0 fully saturated rings. The van der Waals surface area contributed by atoms with Gasteiger partial charge in [-0.05, 0) is 30.5 Å². The predicted molar refractivity (Wildman–Crippen MR) is 102 cm³/mol. The number of nitro groups is 1. The zero-order valence-electron chi connectivity index (χ0n) is 15.0. The Labute approximate surface area is 164 Å². The first-order chi connectivity index (χ1) is 13.4. The molecule has 2 aromatic rings. The molecule has 1 aromatic carbocycles. The number of carbonyl (C=O) groups is 3. The molecule has 2 rings (SSSR count). The van der Waals surface area contributed by atoms with Crippen molar-refractivity contribution in [2.24, 2.45) is 0 Å². The molecule has 1 atom stereocenters. The van der Waals surface area contributed by atoms with E-state index in [1.807, 2.05) is 17.5 Å². The van der Waals surface area contributed by atoms with Crippen LogP contribution in [0.2, 0.25) is 0 Å². The van der Waals surface area contributed by atoms with E-state index in [-0.39, 0.29) is 24.2 Å². The molecule has 0 spiro atoms. The lowest BCUT2D eigenvalue weighted by Crippen LogP contribution is -2.36. The van der Waals surface area contributed by atoms with Gasteiger partial charge in [0.1, 0.15) is 0 Å². The van der Waals surface area contributed by atoms with Gasteiger partial charge in [-0.1, -0.05) is 6.07 Å². The molecule has 0 aliphatic rings. The second-order valence-corrected chi connectivity index (χ2v) is 6.77. The van der Waals surface area contributed by atoms with E-state index < -0.39 is 28.8 Å². The zero-order chi connectivity index (χ0) is 20.5. The average Bonchev–Trinajstić information content (AvgIpc) is 3.19. The first-order valence-electron chi connectivity index (χ1n) is 8.39. The molecule has 1 heterocycles. The molecule has 1 aromatic heterocycles. The minimum Gasteiger partial charge on any atom is -0.452 e. The Bertz CT molecular complexity index is 836. The number of carbonyl (C=O) groups excluding carboxylic acids is 3. The van der Waals surface area contributed by atoms with Crippen molar-refractivity contribution in [1.82, 2.24) is 10.6 Å².